The highest BCUT2D eigenvalue weighted by atomic mass is 19.1. The molecule has 0 saturated heterocycles. The molecule has 4 rings (SSSR count). The van der Waals surface area contributed by atoms with Crippen LogP contribution in [0.5, 0.6) is 0 Å². The van der Waals surface area contributed by atoms with Crippen LogP contribution in [0, 0.1) is 28.6 Å². The van der Waals surface area contributed by atoms with Crippen LogP contribution in [-0.4, -0.2) is 40.0 Å². The van der Waals surface area contributed by atoms with Gasteiger partial charge in [-0.15, -0.1) is 0 Å². The predicted octanol–water partition coefficient (Wildman–Crippen LogP) is 4.11. The molecule has 0 spiro atoms. The number of hydrogen-bond donors (Lipinski definition) is 1. The number of ether oxygens (including phenoxy) is 1. The Morgan fingerprint density at radius 2 is 1.94 bits per heavy atom. The highest BCUT2D eigenvalue weighted by molar-refractivity contribution is 5.92. The number of ketones is 2. The number of hydrogen-bond acceptors (Lipinski definition) is 5. The molecule has 0 aromatic carbocycles. The Hall–Kier alpha value is -1.56. The lowest BCUT2D eigenvalue weighted by atomic mass is 9.43. The van der Waals surface area contributed by atoms with Gasteiger partial charge >= 0.3 is 5.97 Å². The normalized spacial score (nSPS) is 48.9. The number of aliphatic hydroxyl groups excluding tert-OH is 1. The maximum Gasteiger partial charge on any atom is 0.306 e. The predicted molar refractivity (Wildman–Crippen MR) is 113 cm³/mol. The monoisotopic (exact) mass is 434 g/mol. The van der Waals surface area contributed by atoms with Crippen molar-refractivity contribution < 1.29 is 28.6 Å². The summed E-state index contributed by atoms with van der Waals surface area (Å²) in [6, 6.07) is 0. The average Bonchev–Trinajstić information content (AvgIpc) is 2.91. The number of carbonyl (C=O) groups excluding carboxylic acids is 3. The first-order chi connectivity index (χ1) is 14.4. The zero-order valence-corrected chi connectivity index (χ0v) is 19.3. The Bertz CT molecular complexity index is 866. The molecule has 0 radical (unpaired) electrons. The van der Waals surface area contributed by atoms with Gasteiger partial charge in [-0.2, -0.15) is 0 Å². The lowest BCUT2D eigenvalue weighted by molar-refractivity contribution is -0.234. The fourth-order valence-electron chi connectivity index (χ4n) is 8.18. The first-order valence-electron chi connectivity index (χ1n) is 11.7. The van der Waals surface area contributed by atoms with Crippen LogP contribution in [0.1, 0.15) is 79.6 Å². The van der Waals surface area contributed by atoms with E-state index in [2.05, 4.69) is 0 Å². The third kappa shape index (κ3) is 2.60. The van der Waals surface area contributed by atoms with Crippen molar-refractivity contribution in [1.82, 2.24) is 0 Å². The minimum absolute atomic E-state index is 0.0289. The van der Waals surface area contributed by atoms with Crippen LogP contribution in [0.4, 0.5) is 4.39 Å². The summed E-state index contributed by atoms with van der Waals surface area (Å²) in [5.41, 5.74) is -4.15. The van der Waals surface area contributed by atoms with Gasteiger partial charge in [-0.25, -0.2) is 4.39 Å². The van der Waals surface area contributed by atoms with Crippen molar-refractivity contribution in [3.05, 3.63) is 11.6 Å². The molecule has 4 aliphatic rings. The van der Waals surface area contributed by atoms with E-state index in [0.29, 0.717) is 25.7 Å². The van der Waals surface area contributed by atoms with Crippen LogP contribution < -0.4 is 0 Å². The second-order valence-corrected chi connectivity index (χ2v) is 10.9. The van der Waals surface area contributed by atoms with Crippen molar-refractivity contribution in [2.24, 2.45) is 28.6 Å². The zero-order valence-electron chi connectivity index (χ0n) is 19.3. The molecular formula is C25H35FO5. The first kappa shape index (κ1) is 22.6. The van der Waals surface area contributed by atoms with Gasteiger partial charge in [-0.05, 0) is 51.0 Å². The standard InChI is InChI=1S/C25H35FO5/c1-6-21(30)31-25(15(3)27)14(2)11-19-18-8-7-16-12-17(28)9-10-22(16,4)24(18,26)20(29)13-23(19,25)5/h12,14,18-20,29H,6-11,13H2,1-5H3/t14-,18+,19+,20+,22+,23+,24+,25-/m1/s1. The van der Waals surface area contributed by atoms with Gasteiger partial charge in [-0.3, -0.25) is 14.4 Å². The van der Waals surface area contributed by atoms with Crippen molar-refractivity contribution in [2.45, 2.75) is 96.9 Å². The number of Topliss-reactive ketones (excluding diaryl/α,β-unsaturated/α-hetero) is 1. The van der Waals surface area contributed by atoms with Gasteiger partial charge in [0.2, 0.25) is 0 Å². The first-order valence-corrected chi connectivity index (χ1v) is 11.7. The summed E-state index contributed by atoms with van der Waals surface area (Å²) >= 11 is 0. The molecule has 0 heterocycles. The van der Waals surface area contributed by atoms with Gasteiger partial charge in [0, 0.05) is 35.5 Å². The third-order valence-corrected chi connectivity index (χ3v) is 9.67. The maximum absolute atomic E-state index is 17.2. The van der Waals surface area contributed by atoms with Crippen LogP contribution in [0.25, 0.3) is 0 Å². The summed E-state index contributed by atoms with van der Waals surface area (Å²) in [5, 5.41) is 11.4. The Labute approximate surface area is 183 Å². The molecule has 0 unspecified atom stereocenters. The van der Waals surface area contributed by atoms with Gasteiger partial charge in [0.15, 0.2) is 17.2 Å². The highest BCUT2D eigenvalue weighted by Crippen LogP contribution is 2.71. The molecule has 1 N–H and O–H groups in total. The Kier molecular flexibility index (Phi) is 5.09. The van der Waals surface area contributed by atoms with Crippen LogP contribution in [0.2, 0.25) is 0 Å². The second-order valence-electron chi connectivity index (χ2n) is 10.9. The van der Waals surface area contributed by atoms with Crippen molar-refractivity contribution >= 4 is 17.5 Å². The topological polar surface area (TPSA) is 80.7 Å². The van der Waals surface area contributed by atoms with Crippen LogP contribution >= 0.6 is 0 Å². The Morgan fingerprint density at radius 1 is 1.26 bits per heavy atom. The number of carbonyl (C=O) groups is 3. The van der Waals surface area contributed by atoms with Gasteiger partial charge < -0.3 is 9.84 Å². The van der Waals surface area contributed by atoms with Crippen LogP contribution in [0.3, 0.4) is 0 Å². The third-order valence-electron chi connectivity index (χ3n) is 9.67. The lowest BCUT2D eigenvalue weighted by Gasteiger charge is -2.63. The molecule has 4 aliphatic carbocycles. The molecule has 31 heavy (non-hydrogen) atoms. The summed E-state index contributed by atoms with van der Waals surface area (Å²) in [4.78, 5) is 37.5. The molecule has 0 aliphatic heterocycles. The van der Waals surface area contributed by atoms with Gasteiger partial charge in [-0.1, -0.05) is 33.3 Å². The highest BCUT2D eigenvalue weighted by Gasteiger charge is 2.76. The molecule has 172 valence electrons. The van der Waals surface area contributed by atoms with E-state index in [1.807, 2.05) is 20.8 Å². The molecule has 0 aromatic rings. The number of fused-ring (bicyclic) bond motifs is 5. The number of esters is 1. The summed E-state index contributed by atoms with van der Waals surface area (Å²) in [6.45, 7) is 8.82. The largest absolute Gasteiger partial charge is 0.450 e. The zero-order chi connectivity index (χ0) is 23.0. The smallest absolute Gasteiger partial charge is 0.306 e. The number of aliphatic hydroxyl groups is 1. The lowest BCUT2D eigenvalue weighted by Crippen LogP contribution is -2.70. The molecule has 3 fully saturated rings. The number of alkyl halides is 1. The molecule has 6 heteroatoms. The Morgan fingerprint density at radius 3 is 2.55 bits per heavy atom. The number of halogens is 1. The molecule has 0 aromatic heterocycles. The SMILES string of the molecule is CCC(=O)O[C@@]1(C(C)=O)[C@H](C)C[C@H]2[C@@H]3CCC4=CC(=O)CC[C@]4(C)[C@@]3(F)[C@@H](O)C[C@@]21C. The molecule has 3 saturated carbocycles. The van der Waals surface area contributed by atoms with Gasteiger partial charge in [0.05, 0.1) is 6.10 Å². The van der Waals surface area contributed by atoms with Crippen LogP contribution in [-0.2, 0) is 19.1 Å². The Balaban J connectivity index is 1.83. The van der Waals surface area contributed by atoms with Crippen molar-refractivity contribution in [2.75, 3.05) is 0 Å². The average molecular weight is 435 g/mol. The fourth-order valence-corrected chi connectivity index (χ4v) is 8.18. The van der Waals surface area contributed by atoms with Crippen molar-refractivity contribution in [3.8, 4) is 0 Å². The van der Waals surface area contributed by atoms with Gasteiger partial charge in [0.1, 0.15) is 5.67 Å². The molecule has 8 atom stereocenters. The van der Waals surface area contributed by atoms with E-state index in [9.17, 15) is 19.5 Å². The minimum atomic E-state index is -1.87. The van der Waals surface area contributed by atoms with Crippen molar-refractivity contribution in [1.29, 1.82) is 0 Å². The van der Waals surface area contributed by atoms with E-state index in [4.69, 9.17) is 4.74 Å². The summed E-state index contributed by atoms with van der Waals surface area (Å²) in [6.07, 6.45) is 2.90. The summed E-state index contributed by atoms with van der Waals surface area (Å²) < 4.78 is 23.1. The number of rotatable bonds is 3. The maximum atomic E-state index is 17.2. The molecule has 0 bridgehead atoms. The molecule has 5 nitrogen and oxygen atoms in total. The van der Waals surface area contributed by atoms with Crippen molar-refractivity contribution in [3.63, 3.8) is 0 Å². The van der Waals surface area contributed by atoms with E-state index < -0.39 is 40.1 Å². The van der Waals surface area contributed by atoms with Crippen LogP contribution in [0.15, 0.2) is 11.6 Å². The van der Waals surface area contributed by atoms with E-state index in [-0.39, 0.29) is 42.7 Å². The fraction of sp³-hybridized carbons (Fsp3) is 0.800. The summed E-state index contributed by atoms with van der Waals surface area (Å²) in [7, 11) is 0. The summed E-state index contributed by atoms with van der Waals surface area (Å²) in [5.74, 6) is -1.55. The van der Waals surface area contributed by atoms with E-state index in [0.717, 1.165) is 5.57 Å². The number of allylic oxidation sites excluding steroid dienone is 1. The van der Waals surface area contributed by atoms with E-state index >= 15 is 4.39 Å². The minimum Gasteiger partial charge on any atom is -0.450 e. The van der Waals surface area contributed by atoms with E-state index in [1.165, 1.54) is 6.92 Å². The molecule has 0 amide bonds. The van der Waals surface area contributed by atoms with Gasteiger partial charge in [0.25, 0.3) is 0 Å². The quantitative estimate of drug-likeness (QED) is 0.676. The molecular weight excluding hydrogens is 399 g/mol. The van der Waals surface area contributed by atoms with E-state index in [1.54, 1.807) is 13.0 Å². The second kappa shape index (κ2) is 6.97.